The van der Waals surface area contributed by atoms with Crippen LogP contribution in [-0.4, -0.2) is 46.8 Å². The normalized spacial score (nSPS) is 14.8. The molecular weight excluding hydrogens is 352 g/mol. The van der Waals surface area contributed by atoms with Crippen molar-refractivity contribution in [2.24, 2.45) is 0 Å². The fraction of sp³-hybridized carbons (Fsp3) is 0.263. The Morgan fingerprint density at radius 3 is 2.38 bits per heavy atom. The molecular formula is C19H19ClN4O2. The highest BCUT2D eigenvalue weighted by Crippen LogP contribution is 2.25. The summed E-state index contributed by atoms with van der Waals surface area (Å²) in [6, 6.07) is 14.0. The van der Waals surface area contributed by atoms with E-state index in [9.17, 15) is 4.79 Å². The summed E-state index contributed by atoms with van der Waals surface area (Å²) in [5, 5.41) is 9.73. The van der Waals surface area contributed by atoms with E-state index in [0.717, 1.165) is 53.6 Å². The molecule has 134 valence electrons. The van der Waals surface area contributed by atoms with E-state index in [1.54, 1.807) is 10.9 Å². The smallest absolute Gasteiger partial charge is 0.323 e. The van der Waals surface area contributed by atoms with Crippen LogP contribution in [0.15, 0.2) is 48.8 Å². The molecule has 0 aliphatic carbocycles. The third-order valence-electron chi connectivity index (χ3n) is 4.73. The van der Waals surface area contributed by atoms with Crippen LogP contribution in [0.3, 0.4) is 0 Å². The molecule has 1 fully saturated rings. The number of imidazole rings is 1. The van der Waals surface area contributed by atoms with Crippen LogP contribution >= 0.6 is 11.6 Å². The molecule has 4 rings (SSSR count). The second kappa shape index (κ2) is 6.88. The van der Waals surface area contributed by atoms with Gasteiger partial charge in [-0.25, -0.2) is 4.98 Å². The molecule has 1 N–H and O–H groups in total. The fourth-order valence-electron chi connectivity index (χ4n) is 3.42. The van der Waals surface area contributed by atoms with Crippen LogP contribution in [-0.2, 0) is 11.3 Å². The average Bonchev–Trinajstić information content (AvgIpc) is 3.03. The van der Waals surface area contributed by atoms with Crippen LogP contribution < -0.4 is 9.80 Å². The molecule has 26 heavy (non-hydrogen) atoms. The summed E-state index contributed by atoms with van der Waals surface area (Å²) >= 11 is 6.09. The van der Waals surface area contributed by atoms with Gasteiger partial charge >= 0.3 is 5.97 Å². The van der Waals surface area contributed by atoms with Crippen LogP contribution in [0.5, 0.6) is 0 Å². The molecule has 0 amide bonds. The summed E-state index contributed by atoms with van der Waals surface area (Å²) in [7, 11) is 0. The molecule has 1 saturated heterocycles. The van der Waals surface area contributed by atoms with Gasteiger partial charge in [-0.2, -0.15) is 0 Å². The Morgan fingerprint density at radius 2 is 1.73 bits per heavy atom. The van der Waals surface area contributed by atoms with Crippen LogP contribution in [0.4, 0.5) is 11.4 Å². The largest absolute Gasteiger partial charge is 0.480 e. The van der Waals surface area contributed by atoms with E-state index in [1.165, 1.54) is 0 Å². The Kier molecular flexibility index (Phi) is 4.42. The molecule has 0 atom stereocenters. The monoisotopic (exact) mass is 370 g/mol. The number of halogens is 1. The number of hydrogen-bond donors (Lipinski definition) is 1. The molecule has 1 aliphatic heterocycles. The molecule has 2 heterocycles. The van der Waals surface area contributed by atoms with Crippen molar-refractivity contribution < 1.29 is 9.90 Å². The lowest BCUT2D eigenvalue weighted by atomic mass is 10.2. The number of hydrogen-bond acceptors (Lipinski definition) is 4. The van der Waals surface area contributed by atoms with E-state index in [4.69, 9.17) is 16.7 Å². The number of aromatic nitrogens is 2. The first-order valence-corrected chi connectivity index (χ1v) is 8.90. The maximum Gasteiger partial charge on any atom is 0.323 e. The Balaban J connectivity index is 1.48. The third-order valence-corrected chi connectivity index (χ3v) is 4.96. The number of anilines is 2. The number of carboxylic acids is 1. The lowest BCUT2D eigenvalue weighted by Gasteiger charge is -2.37. The topological polar surface area (TPSA) is 61.6 Å². The standard InChI is InChI=1S/C19H19ClN4O2/c20-14-2-1-3-15(10-14)22-6-8-23(9-7-22)16-4-5-18-17(11-16)21-13-24(18)12-19(25)26/h1-5,10-11,13H,6-9,12H2,(H,25,26). The Morgan fingerprint density at radius 1 is 1.04 bits per heavy atom. The maximum absolute atomic E-state index is 10.9. The van der Waals surface area contributed by atoms with Crippen molar-refractivity contribution in [1.82, 2.24) is 9.55 Å². The van der Waals surface area contributed by atoms with Gasteiger partial charge < -0.3 is 19.5 Å². The van der Waals surface area contributed by atoms with Crippen LogP contribution in [0.2, 0.25) is 5.02 Å². The number of benzene rings is 2. The first-order chi connectivity index (χ1) is 12.6. The highest BCUT2D eigenvalue weighted by Gasteiger charge is 2.18. The lowest BCUT2D eigenvalue weighted by molar-refractivity contribution is -0.137. The minimum atomic E-state index is -0.870. The second-order valence-electron chi connectivity index (χ2n) is 6.39. The molecule has 0 saturated carbocycles. The van der Waals surface area contributed by atoms with Gasteiger partial charge in [0.25, 0.3) is 0 Å². The van der Waals surface area contributed by atoms with Gasteiger partial charge in [-0.1, -0.05) is 17.7 Å². The molecule has 1 aliphatic rings. The Bertz CT molecular complexity index is 948. The van der Waals surface area contributed by atoms with Gasteiger partial charge in [0.15, 0.2) is 0 Å². The number of aliphatic carboxylic acids is 1. The first-order valence-electron chi connectivity index (χ1n) is 8.52. The Hall–Kier alpha value is -2.73. The van der Waals surface area contributed by atoms with E-state index in [1.807, 2.05) is 36.4 Å². The first kappa shape index (κ1) is 16.7. The molecule has 0 spiro atoms. The van der Waals surface area contributed by atoms with Crippen molar-refractivity contribution in [1.29, 1.82) is 0 Å². The summed E-state index contributed by atoms with van der Waals surface area (Å²) in [6.07, 6.45) is 1.58. The van der Waals surface area contributed by atoms with E-state index in [0.29, 0.717) is 0 Å². The van der Waals surface area contributed by atoms with Crippen molar-refractivity contribution >= 4 is 40.0 Å². The zero-order valence-electron chi connectivity index (χ0n) is 14.2. The van der Waals surface area contributed by atoms with Crippen LogP contribution in [0.1, 0.15) is 0 Å². The second-order valence-corrected chi connectivity index (χ2v) is 6.83. The highest BCUT2D eigenvalue weighted by molar-refractivity contribution is 6.30. The number of piperazine rings is 1. The zero-order valence-corrected chi connectivity index (χ0v) is 14.9. The minimum Gasteiger partial charge on any atom is -0.480 e. The number of nitrogens with zero attached hydrogens (tertiary/aromatic N) is 4. The molecule has 0 bridgehead atoms. The van der Waals surface area contributed by atoms with Crippen LogP contribution in [0, 0.1) is 0 Å². The Labute approximate surface area is 156 Å². The van der Waals surface area contributed by atoms with E-state index < -0.39 is 5.97 Å². The molecule has 0 unspecified atom stereocenters. The van der Waals surface area contributed by atoms with Gasteiger partial charge in [0, 0.05) is 42.6 Å². The SMILES string of the molecule is O=C(O)Cn1cnc2cc(N3CCN(c4cccc(Cl)c4)CC3)ccc21. The van der Waals surface area contributed by atoms with Crippen molar-refractivity contribution in [3.63, 3.8) is 0 Å². The summed E-state index contributed by atoms with van der Waals surface area (Å²) < 4.78 is 1.65. The summed E-state index contributed by atoms with van der Waals surface area (Å²) in [5.74, 6) is -0.870. The average molecular weight is 371 g/mol. The summed E-state index contributed by atoms with van der Waals surface area (Å²) in [4.78, 5) is 19.9. The van der Waals surface area contributed by atoms with E-state index in [-0.39, 0.29) is 6.54 Å². The van der Waals surface area contributed by atoms with Gasteiger partial charge in [0.05, 0.1) is 17.4 Å². The third kappa shape index (κ3) is 3.32. The molecule has 2 aromatic carbocycles. The highest BCUT2D eigenvalue weighted by atomic mass is 35.5. The van der Waals surface area contributed by atoms with Crippen molar-refractivity contribution in [2.45, 2.75) is 6.54 Å². The molecule has 6 nitrogen and oxygen atoms in total. The predicted octanol–water partition coefficient (Wildman–Crippen LogP) is 3.10. The lowest BCUT2D eigenvalue weighted by Crippen LogP contribution is -2.46. The van der Waals surface area contributed by atoms with Crippen molar-refractivity contribution in [2.75, 3.05) is 36.0 Å². The zero-order chi connectivity index (χ0) is 18.1. The predicted molar refractivity (Wildman–Crippen MR) is 103 cm³/mol. The minimum absolute atomic E-state index is 0.0752. The number of carboxylic acid groups (broad SMARTS) is 1. The molecule has 0 radical (unpaired) electrons. The molecule has 3 aromatic rings. The number of fused-ring (bicyclic) bond motifs is 1. The maximum atomic E-state index is 10.9. The van der Waals surface area contributed by atoms with Gasteiger partial charge in [-0.15, -0.1) is 0 Å². The van der Waals surface area contributed by atoms with Gasteiger partial charge in [-0.05, 0) is 36.4 Å². The molecule has 1 aromatic heterocycles. The quantitative estimate of drug-likeness (QED) is 0.764. The van der Waals surface area contributed by atoms with Gasteiger partial charge in [-0.3, -0.25) is 4.79 Å². The van der Waals surface area contributed by atoms with E-state index in [2.05, 4.69) is 20.9 Å². The van der Waals surface area contributed by atoms with Gasteiger partial charge in [0.1, 0.15) is 6.54 Å². The fourth-order valence-corrected chi connectivity index (χ4v) is 3.60. The van der Waals surface area contributed by atoms with Crippen molar-refractivity contribution in [3.05, 3.63) is 53.8 Å². The van der Waals surface area contributed by atoms with Crippen LogP contribution in [0.25, 0.3) is 11.0 Å². The van der Waals surface area contributed by atoms with Gasteiger partial charge in [0.2, 0.25) is 0 Å². The van der Waals surface area contributed by atoms with E-state index >= 15 is 0 Å². The number of rotatable bonds is 4. The van der Waals surface area contributed by atoms with Crippen molar-refractivity contribution in [3.8, 4) is 0 Å². The summed E-state index contributed by atoms with van der Waals surface area (Å²) in [5.41, 5.74) is 3.93. The number of carbonyl (C=O) groups is 1. The summed E-state index contributed by atoms with van der Waals surface area (Å²) in [6.45, 7) is 3.59. The molecule has 7 heteroatoms.